The van der Waals surface area contributed by atoms with E-state index in [9.17, 15) is 9.59 Å². The van der Waals surface area contributed by atoms with Gasteiger partial charge in [0.2, 0.25) is 11.8 Å². The van der Waals surface area contributed by atoms with Crippen LogP contribution in [0.5, 0.6) is 0 Å². The van der Waals surface area contributed by atoms with Crippen molar-refractivity contribution in [3.63, 3.8) is 0 Å². The molecule has 0 aliphatic rings. The van der Waals surface area contributed by atoms with E-state index in [0.717, 1.165) is 11.1 Å². The van der Waals surface area contributed by atoms with E-state index in [0.29, 0.717) is 10.0 Å². The molecule has 2 aromatic carbocycles. The number of carbonyl (C=O) groups excluding carboxylic acids is 2. The van der Waals surface area contributed by atoms with Gasteiger partial charge in [0, 0.05) is 22.1 Å². The molecule has 0 spiro atoms. The fourth-order valence-corrected chi connectivity index (χ4v) is 3.21. The van der Waals surface area contributed by atoms with E-state index in [-0.39, 0.29) is 24.8 Å². The van der Waals surface area contributed by atoms with Gasteiger partial charge in [0.15, 0.2) is 0 Å². The molecule has 2 aromatic rings. The topological polar surface area (TPSA) is 49.4 Å². The zero-order chi connectivity index (χ0) is 20.9. The van der Waals surface area contributed by atoms with Crippen LogP contribution in [0.4, 0.5) is 0 Å². The fraction of sp³-hybridized carbons (Fsp3) is 0.364. The molecule has 0 bridgehead atoms. The molecule has 0 aromatic heterocycles. The zero-order valence-corrected chi connectivity index (χ0v) is 18.1. The van der Waals surface area contributed by atoms with Gasteiger partial charge in [-0.2, -0.15) is 0 Å². The molecule has 0 heterocycles. The Hall–Kier alpha value is -2.04. The van der Waals surface area contributed by atoms with Crippen LogP contribution in [0.2, 0.25) is 10.0 Å². The van der Waals surface area contributed by atoms with Crippen LogP contribution in [-0.4, -0.2) is 28.3 Å². The summed E-state index contributed by atoms with van der Waals surface area (Å²) in [7, 11) is 0. The molecule has 28 heavy (non-hydrogen) atoms. The van der Waals surface area contributed by atoms with Gasteiger partial charge in [0.25, 0.3) is 0 Å². The average Bonchev–Trinajstić information content (AvgIpc) is 2.59. The summed E-state index contributed by atoms with van der Waals surface area (Å²) in [5.74, 6) is -0.383. The predicted molar refractivity (Wildman–Crippen MR) is 115 cm³/mol. The lowest BCUT2D eigenvalue weighted by molar-refractivity contribution is -0.140. The highest BCUT2D eigenvalue weighted by molar-refractivity contribution is 6.31. The van der Waals surface area contributed by atoms with Crippen molar-refractivity contribution in [2.45, 2.75) is 52.2 Å². The maximum absolute atomic E-state index is 13.1. The Morgan fingerprint density at radius 1 is 1.07 bits per heavy atom. The van der Waals surface area contributed by atoms with E-state index in [1.807, 2.05) is 51.1 Å². The van der Waals surface area contributed by atoms with Crippen molar-refractivity contribution >= 4 is 35.0 Å². The molecule has 0 unspecified atom stereocenters. The average molecular weight is 421 g/mol. The molecule has 2 rings (SSSR count). The van der Waals surface area contributed by atoms with E-state index in [2.05, 4.69) is 5.32 Å². The van der Waals surface area contributed by atoms with Crippen molar-refractivity contribution in [2.75, 3.05) is 0 Å². The van der Waals surface area contributed by atoms with Gasteiger partial charge < -0.3 is 10.2 Å². The lowest BCUT2D eigenvalue weighted by Crippen LogP contribution is -2.52. The highest BCUT2D eigenvalue weighted by Crippen LogP contribution is 2.19. The lowest BCUT2D eigenvalue weighted by atomic mass is 10.1. The van der Waals surface area contributed by atoms with Crippen LogP contribution in [0.25, 0.3) is 0 Å². The third-order valence-corrected chi connectivity index (χ3v) is 4.81. The van der Waals surface area contributed by atoms with Crippen LogP contribution >= 0.6 is 23.2 Å². The van der Waals surface area contributed by atoms with Gasteiger partial charge in [-0.15, -0.1) is 0 Å². The van der Waals surface area contributed by atoms with Gasteiger partial charge in [0.1, 0.15) is 6.04 Å². The summed E-state index contributed by atoms with van der Waals surface area (Å²) in [4.78, 5) is 27.4. The first kappa shape index (κ1) is 22.3. The van der Waals surface area contributed by atoms with Crippen molar-refractivity contribution in [3.05, 3.63) is 69.7 Å². The van der Waals surface area contributed by atoms with Crippen LogP contribution in [-0.2, 0) is 22.6 Å². The van der Waals surface area contributed by atoms with Crippen LogP contribution in [0, 0.1) is 0 Å². The number of benzene rings is 2. The van der Waals surface area contributed by atoms with Crippen molar-refractivity contribution < 1.29 is 9.59 Å². The van der Waals surface area contributed by atoms with E-state index < -0.39 is 11.6 Å². The normalized spacial score (nSPS) is 12.4. The van der Waals surface area contributed by atoms with Gasteiger partial charge in [-0.3, -0.25) is 9.59 Å². The predicted octanol–water partition coefficient (Wildman–Crippen LogP) is 4.87. The number of carbonyl (C=O) groups is 2. The third-order valence-electron chi connectivity index (χ3n) is 4.21. The minimum Gasteiger partial charge on any atom is -0.350 e. The SMILES string of the molecule is C[C@@H](C(=O)NC(C)(C)C)N(Cc1cccc(Cl)c1)C(=O)Cc1ccccc1Cl. The molecule has 0 aliphatic carbocycles. The van der Waals surface area contributed by atoms with E-state index in [1.54, 1.807) is 30.0 Å². The van der Waals surface area contributed by atoms with Crippen LogP contribution in [0.15, 0.2) is 48.5 Å². The highest BCUT2D eigenvalue weighted by atomic mass is 35.5. The first-order chi connectivity index (χ1) is 13.1. The lowest BCUT2D eigenvalue weighted by Gasteiger charge is -2.31. The number of amides is 2. The highest BCUT2D eigenvalue weighted by Gasteiger charge is 2.28. The quantitative estimate of drug-likeness (QED) is 0.724. The molecule has 4 nitrogen and oxygen atoms in total. The minimum absolute atomic E-state index is 0.118. The second-order valence-corrected chi connectivity index (χ2v) is 8.68. The summed E-state index contributed by atoms with van der Waals surface area (Å²) in [6, 6.07) is 13.9. The number of rotatable bonds is 6. The van der Waals surface area contributed by atoms with Gasteiger partial charge in [-0.1, -0.05) is 53.5 Å². The molecular weight excluding hydrogens is 395 g/mol. The largest absolute Gasteiger partial charge is 0.350 e. The van der Waals surface area contributed by atoms with Gasteiger partial charge in [-0.05, 0) is 57.0 Å². The molecule has 150 valence electrons. The monoisotopic (exact) mass is 420 g/mol. The Bertz CT molecular complexity index is 846. The van der Waals surface area contributed by atoms with Crippen LogP contribution in [0.1, 0.15) is 38.8 Å². The van der Waals surface area contributed by atoms with Crippen molar-refractivity contribution in [3.8, 4) is 0 Å². The van der Waals surface area contributed by atoms with E-state index in [1.165, 1.54) is 0 Å². The van der Waals surface area contributed by atoms with Crippen molar-refractivity contribution in [1.29, 1.82) is 0 Å². The summed E-state index contributed by atoms with van der Waals surface area (Å²) in [5.41, 5.74) is 1.20. The Labute approximate surface area is 176 Å². The maximum Gasteiger partial charge on any atom is 0.242 e. The van der Waals surface area contributed by atoms with Gasteiger partial charge in [-0.25, -0.2) is 0 Å². The number of halogens is 2. The van der Waals surface area contributed by atoms with Crippen molar-refractivity contribution in [2.24, 2.45) is 0 Å². The van der Waals surface area contributed by atoms with Gasteiger partial charge in [0.05, 0.1) is 6.42 Å². The molecule has 0 radical (unpaired) electrons. The summed E-state index contributed by atoms with van der Waals surface area (Å²) in [6.07, 6.45) is 0.118. The van der Waals surface area contributed by atoms with Crippen LogP contribution in [0.3, 0.4) is 0 Å². The Morgan fingerprint density at radius 2 is 1.75 bits per heavy atom. The maximum atomic E-state index is 13.1. The summed E-state index contributed by atoms with van der Waals surface area (Å²) in [5, 5.41) is 4.06. The molecule has 0 fully saturated rings. The Morgan fingerprint density at radius 3 is 2.36 bits per heavy atom. The second kappa shape index (κ2) is 9.44. The van der Waals surface area contributed by atoms with Gasteiger partial charge >= 0.3 is 0 Å². The van der Waals surface area contributed by atoms with Crippen molar-refractivity contribution in [1.82, 2.24) is 10.2 Å². The standard InChI is InChI=1S/C22H26Cl2N2O2/c1-15(21(28)25-22(2,3)4)26(14-16-8-7-10-18(23)12-16)20(27)13-17-9-5-6-11-19(17)24/h5-12,15H,13-14H2,1-4H3,(H,25,28)/t15-/m0/s1. The smallest absolute Gasteiger partial charge is 0.242 e. The number of nitrogens with one attached hydrogen (secondary N) is 1. The molecule has 1 atom stereocenters. The zero-order valence-electron chi connectivity index (χ0n) is 16.6. The first-order valence-electron chi connectivity index (χ1n) is 9.16. The summed E-state index contributed by atoms with van der Waals surface area (Å²) in [6.45, 7) is 7.73. The molecule has 0 aliphatic heterocycles. The molecule has 1 N–H and O–H groups in total. The Balaban J connectivity index is 2.27. The number of nitrogens with zero attached hydrogens (tertiary/aromatic N) is 1. The summed E-state index contributed by atoms with van der Waals surface area (Å²) < 4.78 is 0. The Kier molecular flexibility index (Phi) is 7.50. The molecular formula is C22H26Cl2N2O2. The van der Waals surface area contributed by atoms with E-state index in [4.69, 9.17) is 23.2 Å². The second-order valence-electron chi connectivity index (χ2n) is 7.83. The third kappa shape index (κ3) is 6.54. The minimum atomic E-state index is -0.645. The van der Waals surface area contributed by atoms with Crippen LogP contribution < -0.4 is 5.32 Å². The first-order valence-corrected chi connectivity index (χ1v) is 9.92. The fourth-order valence-electron chi connectivity index (χ4n) is 2.79. The molecule has 6 heteroatoms. The molecule has 2 amide bonds. The molecule has 0 saturated heterocycles. The molecule has 0 saturated carbocycles. The van der Waals surface area contributed by atoms with E-state index >= 15 is 0 Å². The number of hydrogen-bond acceptors (Lipinski definition) is 2. The summed E-state index contributed by atoms with van der Waals surface area (Å²) >= 11 is 12.3. The number of hydrogen-bond donors (Lipinski definition) is 1.